The van der Waals surface area contributed by atoms with Crippen LogP contribution in [0.5, 0.6) is 0 Å². The van der Waals surface area contributed by atoms with Crippen LogP contribution in [0.15, 0.2) is 72.8 Å². The van der Waals surface area contributed by atoms with Gasteiger partial charge in [-0.05, 0) is 30.5 Å². The minimum Gasteiger partial charge on any atom is -0.522 e. The molecule has 0 spiro atoms. The average molecular weight is 353 g/mol. The second-order valence-corrected chi connectivity index (χ2v) is 7.90. The Balaban J connectivity index is 1.77. The predicted octanol–water partition coefficient (Wildman–Crippen LogP) is 5.00. The van der Waals surface area contributed by atoms with E-state index >= 15 is 0 Å². The third-order valence-corrected chi connectivity index (χ3v) is 5.63. The molecule has 0 bridgehead atoms. The lowest BCUT2D eigenvalue weighted by molar-refractivity contribution is -0.130. The second kappa shape index (κ2) is 10.7. The van der Waals surface area contributed by atoms with Gasteiger partial charge in [-0.3, -0.25) is 0 Å². The van der Waals surface area contributed by atoms with Gasteiger partial charge in [0.2, 0.25) is 9.76 Å². The van der Waals surface area contributed by atoms with E-state index in [1.807, 2.05) is 0 Å². The molecule has 3 heteroatoms. The lowest BCUT2D eigenvalue weighted by atomic mass is 9.87. The largest absolute Gasteiger partial charge is 0.522 e. The SMILES string of the molecule is C=C(C)C(=O)O[SiH2]CCCCCC(c1ccccc1)c1ccccc1. The van der Waals surface area contributed by atoms with Gasteiger partial charge >= 0.3 is 5.97 Å². The van der Waals surface area contributed by atoms with Crippen LogP contribution in [-0.4, -0.2) is 15.7 Å². The molecule has 0 atom stereocenters. The summed E-state index contributed by atoms with van der Waals surface area (Å²) >= 11 is 0. The summed E-state index contributed by atoms with van der Waals surface area (Å²) in [5.41, 5.74) is 3.28. The molecular weight excluding hydrogens is 324 g/mol. The highest BCUT2D eigenvalue weighted by molar-refractivity contribution is 6.31. The van der Waals surface area contributed by atoms with Crippen molar-refractivity contribution in [2.45, 2.75) is 44.6 Å². The van der Waals surface area contributed by atoms with Crippen molar-refractivity contribution in [1.82, 2.24) is 0 Å². The Labute approximate surface area is 153 Å². The first-order chi connectivity index (χ1) is 12.2. The van der Waals surface area contributed by atoms with Crippen molar-refractivity contribution in [2.75, 3.05) is 0 Å². The summed E-state index contributed by atoms with van der Waals surface area (Å²) in [6, 6.07) is 22.6. The first kappa shape index (κ1) is 19.2. The molecule has 0 amide bonds. The van der Waals surface area contributed by atoms with Crippen LogP contribution < -0.4 is 0 Å². The van der Waals surface area contributed by atoms with E-state index in [-0.39, 0.29) is 5.97 Å². The van der Waals surface area contributed by atoms with E-state index in [1.54, 1.807) is 6.92 Å². The molecule has 0 saturated carbocycles. The minimum absolute atomic E-state index is 0.222. The van der Waals surface area contributed by atoms with E-state index in [4.69, 9.17) is 4.43 Å². The van der Waals surface area contributed by atoms with Gasteiger partial charge in [0.05, 0.1) is 0 Å². The summed E-state index contributed by atoms with van der Waals surface area (Å²) in [6.45, 7) is 5.31. The maximum atomic E-state index is 11.3. The van der Waals surface area contributed by atoms with Gasteiger partial charge in [0.1, 0.15) is 0 Å². The summed E-state index contributed by atoms with van der Waals surface area (Å²) < 4.78 is 5.27. The van der Waals surface area contributed by atoms with Gasteiger partial charge in [-0.25, -0.2) is 4.79 Å². The second-order valence-electron chi connectivity index (χ2n) is 6.49. The molecule has 2 rings (SSSR count). The van der Waals surface area contributed by atoms with Crippen LogP contribution in [-0.2, 0) is 9.22 Å². The molecule has 132 valence electrons. The van der Waals surface area contributed by atoms with Gasteiger partial charge in [-0.1, -0.05) is 86.5 Å². The van der Waals surface area contributed by atoms with E-state index in [9.17, 15) is 4.79 Å². The van der Waals surface area contributed by atoms with E-state index < -0.39 is 9.76 Å². The fourth-order valence-electron chi connectivity index (χ4n) is 2.99. The zero-order valence-corrected chi connectivity index (χ0v) is 16.5. The Morgan fingerprint density at radius 3 is 2.04 bits per heavy atom. The van der Waals surface area contributed by atoms with Crippen molar-refractivity contribution in [3.63, 3.8) is 0 Å². The monoisotopic (exact) mass is 352 g/mol. The molecule has 2 aromatic rings. The van der Waals surface area contributed by atoms with Gasteiger partial charge < -0.3 is 4.43 Å². The first-order valence-corrected chi connectivity index (χ1v) is 10.7. The normalized spacial score (nSPS) is 11.1. The number of carbonyl (C=O) groups excluding carboxylic acids is 1. The number of hydrogen-bond donors (Lipinski definition) is 0. The smallest absolute Gasteiger partial charge is 0.319 e. The summed E-state index contributed by atoms with van der Waals surface area (Å²) in [7, 11) is -0.738. The molecule has 0 heterocycles. The van der Waals surface area contributed by atoms with Gasteiger partial charge in [-0.2, -0.15) is 0 Å². The molecule has 0 aromatic heterocycles. The average Bonchev–Trinajstić information content (AvgIpc) is 2.65. The summed E-state index contributed by atoms with van der Waals surface area (Å²) in [4.78, 5) is 11.3. The van der Waals surface area contributed by atoms with Crippen LogP contribution in [0.1, 0.15) is 49.7 Å². The molecular formula is C22H28O2Si. The fourth-order valence-corrected chi connectivity index (χ4v) is 4.12. The summed E-state index contributed by atoms with van der Waals surface area (Å²) in [5, 5.41) is 0. The molecule has 0 N–H and O–H groups in total. The number of hydrogen-bond acceptors (Lipinski definition) is 2. The molecule has 0 saturated heterocycles. The fraction of sp³-hybridized carbons (Fsp3) is 0.318. The van der Waals surface area contributed by atoms with E-state index in [1.165, 1.54) is 24.0 Å². The van der Waals surface area contributed by atoms with Crippen LogP contribution >= 0.6 is 0 Å². The third kappa shape index (κ3) is 6.71. The molecule has 0 aliphatic heterocycles. The number of rotatable bonds is 10. The van der Waals surface area contributed by atoms with Crippen LogP contribution in [0, 0.1) is 0 Å². The van der Waals surface area contributed by atoms with Crippen molar-refractivity contribution in [2.24, 2.45) is 0 Å². The molecule has 2 aromatic carbocycles. The molecule has 25 heavy (non-hydrogen) atoms. The van der Waals surface area contributed by atoms with Crippen LogP contribution in [0.2, 0.25) is 6.04 Å². The van der Waals surface area contributed by atoms with Crippen molar-refractivity contribution >= 4 is 15.7 Å². The lowest BCUT2D eigenvalue weighted by Gasteiger charge is -2.18. The highest BCUT2D eigenvalue weighted by Gasteiger charge is 2.13. The molecule has 0 aliphatic carbocycles. The topological polar surface area (TPSA) is 26.3 Å². The molecule has 0 fully saturated rings. The molecule has 2 nitrogen and oxygen atoms in total. The van der Waals surface area contributed by atoms with E-state index in [0.717, 1.165) is 18.9 Å². The summed E-state index contributed by atoms with van der Waals surface area (Å²) in [6.07, 6.45) is 4.68. The molecule has 0 aliphatic rings. The molecule has 0 unspecified atom stereocenters. The Bertz CT molecular complexity index is 613. The van der Waals surface area contributed by atoms with Crippen molar-refractivity contribution < 1.29 is 9.22 Å². The van der Waals surface area contributed by atoms with Crippen molar-refractivity contribution in [3.05, 3.63) is 83.9 Å². The third-order valence-electron chi connectivity index (χ3n) is 4.37. The Hall–Kier alpha value is -2.13. The van der Waals surface area contributed by atoms with Gasteiger partial charge in [0.15, 0.2) is 0 Å². The standard InChI is InChI=1S/C22H28O2Si/c1-18(2)22(23)24-25-17-11-5-10-16-21(19-12-6-3-7-13-19)20-14-8-4-9-15-20/h3-4,6-9,12-15,21H,1,5,10-11,16-17,25H2,2H3. The Morgan fingerprint density at radius 2 is 1.52 bits per heavy atom. The minimum atomic E-state index is -0.738. The molecule has 0 radical (unpaired) electrons. The lowest BCUT2D eigenvalue weighted by Crippen LogP contribution is -2.08. The van der Waals surface area contributed by atoms with E-state index in [2.05, 4.69) is 67.2 Å². The number of unbranched alkanes of at least 4 members (excludes halogenated alkanes) is 2. The summed E-state index contributed by atoms with van der Waals surface area (Å²) in [5.74, 6) is 0.237. The number of carbonyl (C=O) groups is 1. The predicted molar refractivity (Wildman–Crippen MR) is 107 cm³/mol. The van der Waals surface area contributed by atoms with Crippen LogP contribution in [0.3, 0.4) is 0 Å². The zero-order chi connectivity index (χ0) is 17.9. The first-order valence-electron chi connectivity index (χ1n) is 9.11. The maximum absolute atomic E-state index is 11.3. The highest BCUT2D eigenvalue weighted by Crippen LogP contribution is 2.29. The number of benzene rings is 2. The maximum Gasteiger partial charge on any atom is 0.319 e. The Morgan fingerprint density at radius 1 is 0.960 bits per heavy atom. The van der Waals surface area contributed by atoms with Gasteiger partial charge in [0.25, 0.3) is 0 Å². The van der Waals surface area contributed by atoms with Crippen molar-refractivity contribution in [1.29, 1.82) is 0 Å². The van der Waals surface area contributed by atoms with Gasteiger partial charge in [0, 0.05) is 11.5 Å². The zero-order valence-electron chi connectivity index (χ0n) is 15.1. The van der Waals surface area contributed by atoms with Crippen molar-refractivity contribution in [3.8, 4) is 0 Å². The van der Waals surface area contributed by atoms with Crippen LogP contribution in [0.25, 0.3) is 0 Å². The van der Waals surface area contributed by atoms with Crippen LogP contribution in [0.4, 0.5) is 0 Å². The highest BCUT2D eigenvalue weighted by atomic mass is 28.2. The van der Waals surface area contributed by atoms with E-state index in [0.29, 0.717) is 11.5 Å². The Kier molecular flexibility index (Phi) is 8.20. The quantitative estimate of drug-likeness (QED) is 0.342. The van der Waals surface area contributed by atoms with Gasteiger partial charge in [-0.15, -0.1) is 0 Å².